The SMILES string of the molecule is CCn1nc(-c2cc(C)ccc2C)cc(N)c1=O. The molecule has 18 heavy (non-hydrogen) atoms. The largest absolute Gasteiger partial charge is 0.394 e. The molecule has 1 heterocycles. The molecule has 0 atom stereocenters. The minimum absolute atomic E-state index is 0.230. The minimum atomic E-state index is -0.230. The number of hydrogen-bond acceptors (Lipinski definition) is 3. The fourth-order valence-corrected chi connectivity index (χ4v) is 1.92. The summed E-state index contributed by atoms with van der Waals surface area (Å²) in [6, 6.07) is 7.81. The average Bonchev–Trinajstić information content (AvgIpc) is 2.35. The first-order valence-electron chi connectivity index (χ1n) is 5.98. The maximum atomic E-state index is 11.7. The van der Waals surface area contributed by atoms with E-state index in [2.05, 4.69) is 17.2 Å². The Balaban J connectivity index is 2.68. The van der Waals surface area contributed by atoms with E-state index in [0.29, 0.717) is 6.54 Å². The van der Waals surface area contributed by atoms with Crippen LogP contribution >= 0.6 is 0 Å². The van der Waals surface area contributed by atoms with Crippen LogP contribution in [0.5, 0.6) is 0 Å². The average molecular weight is 243 g/mol. The Morgan fingerprint density at radius 2 is 2.00 bits per heavy atom. The fraction of sp³-hybridized carbons (Fsp3) is 0.286. The first-order chi connectivity index (χ1) is 8.52. The van der Waals surface area contributed by atoms with Gasteiger partial charge >= 0.3 is 0 Å². The molecule has 0 fully saturated rings. The topological polar surface area (TPSA) is 60.9 Å². The van der Waals surface area contributed by atoms with Gasteiger partial charge in [0.05, 0.1) is 5.69 Å². The number of nitrogens with two attached hydrogens (primary N) is 1. The Morgan fingerprint density at radius 3 is 2.67 bits per heavy atom. The van der Waals surface area contributed by atoms with Crippen molar-refractivity contribution in [2.24, 2.45) is 0 Å². The van der Waals surface area contributed by atoms with Crippen molar-refractivity contribution in [1.82, 2.24) is 9.78 Å². The number of aryl methyl sites for hydroxylation is 3. The van der Waals surface area contributed by atoms with Crippen LogP contribution in [-0.4, -0.2) is 9.78 Å². The van der Waals surface area contributed by atoms with Crippen molar-refractivity contribution in [2.75, 3.05) is 5.73 Å². The third-order valence-electron chi connectivity index (χ3n) is 2.97. The third-order valence-corrected chi connectivity index (χ3v) is 2.97. The molecule has 0 aliphatic rings. The molecule has 2 aromatic rings. The first-order valence-corrected chi connectivity index (χ1v) is 5.98. The van der Waals surface area contributed by atoms with Crippen molar-refractivity contribution in [3.05, 3.63) is 45.7 Å². The van der Waals surface area contributed by atoms with E-state index in [4.69, 9.17) is 5.73 Å². The van der Waals surface area contributed by atoms with Crippen LogP contribution in [0.2, 0.25) is 0 Å². The minimum Gasteiger partial charge on any atom is -0.394 e. The molecule has 0 spiro atoms. The zero-order valence-electron chi connectivity index (χ0n) is 10.9. The summed E-state index contributed by atoms with van der Waals surface area (Å²) in [5, 5.41) is 4.35. The quantitative estimate of drug-likeness (QED) is 0.879. The molecule has 0 amide bonds. The lowest BCUT2D eigenvalue weighted by atomic mass is 10.0. The van der Waals surface area contributed by atoms with E-state index in [1.807, 2.05) is 26.8 Å². The summed E-state index contributed by atoms with van der Waals surface area (Å²) >= 11 is 0. The molecule has 1 aromatic carbocycles. The van der Waals surface area contributed by atoms with Crippen molar-refractivity contribution < 1.29 is 0 Å². The summed E-state index contributed by atoms with van der Waals surface area (Å²) in [7, 11) is 0. The molecule has 0 aliphatic carbocycles. The summed E-state index contributed by atoms with van der Waals surface area (Å²) in [5.41, 5.74) is 9.80. The molecular formula is C14H17N3O. The number of nitrogen functional groups attached to an aromatic ring is 1. The summed E-state index contributed by atoms with van der Waals surface area (Å²) < 4.78 is 1.40. The van der Waals surface area contributed by atoms with Gasteiger partial charge in [-0.2, -0.15) is 5.10 Å². The highest BCUT2D eigenvalue weighted by Crippen LogP contribution is 2.22. The van der Waals surface area contributed by atoms with E-state index in [1.165, 1.54) is 4.68 Å². The van der Waals surface area contributed by atoms with Gasteiger partial charge in [0.25, 0.3) is 5.56 Å². The molecule has 1 aromatic heterocycles. The predicted molar refractivity (Wildman–Crippen MR) is 73.5 cm³/mol. The van der Waals surface area contributed by atoms with Crippen LogP contribution in [0.15, 0.2) is 29.1 Å². The van der Waals surface area contributed by atoms with Crippen molar-refractivity contribution in [1.29, 1.82) is 0 Å². The van der Waals surface area contributed by atoms with Gasteiger partial charge in [-0.05, 0) is 38.5 Å². The highest BCUT2D eigenvalue weighted by atomic mass is 16.1. The van der Waals surface area contributed by atoms with Crippen LogP contribution in [0.25, 0.3) is 11.3 Å². The lowest BCUT2D eigenvalue weighted by molar-refractivity contribution is 0.621. The van der Waals surface area contributed by atoms with Crippen LogP contribution < -0.4 is 11.3 Å². The normalized spacial score (nSPS) is 10.6. The molecule has 4 nitrogen and oxygen atoms in total. The van der Waals surface area contributed by atoms with Gasteiger partial charge in [0.15, 0.2) is 0 Å². The molecule has 0 saturated carbocycles. The van der Waals surface area contributed by atoms with Crippen molar-refractivity contribution in [3.63, 3.8) is 0 Å². The van der Waals surface area contributed by atoms with E-state index in [1.54, 1.807) is 6.07 Å². The second-order valence-electron chi connectivity index (χ2n) is 4.42. The molecule has 0 unspecified atom stereocenters. The van der Waals surface area contributed by atoms with Crippen molar-refractivity contribution in [2.45, 2.75) is 27.3 Å². The third kappa shape index (κ3) is 2.14. The Morgan fingerprint density at radius 1 is 1.28 bits per heavy atom. The number of hydrogen-bond donors (Lipinski definition) is 1. The van der Waals surface area contributed by atoms with E-state index < -0.39 is 0 Å². The molecular weight excluding hydrogens is 226 g/mol. The monoisotopic (exact) mass is 243 g/mol. The maximum absolute atomic E-state index is 11.7. The van der Waals surface area contributed by atoms with Gasteiger partial charge in [-0.1, -0.05) is 17.7 Å². The van der Waals surface area contributed by atoms with Gasteiger partial charge in [0.2, 0.25) is 0 Å². The molecule has 4 heteroatoms. The zero-order valence-corrected chi connectivity index (χ0v) is 10.9. The Hall–Kier alpha value is -2.10. The van der Waals surface area contributed by atoms with Gasteiger partial charge in [0, 0.05) is 12.1 Å². The van der Waals surface area contributed by atoms with Gasteiger partial charge in [-0.3, -0.25) is 4.79 Å². The second kappa shape index (κ2) is 4.64. The lowest BCUT2D eigenvalue weighted by Crippen LogP contribution is -2.25. The number of rotatable bonds is 2. The van der Waals surface area contributed by atoms with Crippen molar-refractivity contribution in [3.8, 4) is 11.3 Å². The van der Waals surface area contributed by atoms with Crippen molar-refractivity contribution >= 4 is 5.69 Å². The summed E-state index contributed by atoms with van der Waals surface area (Å²) in [6.07, 6.45) is 0. The molecule has 0 radical (unpaired) electrons. The summed E-state index contributed by atoms with van der Waals surface area (Å²) in [6.45, 7) is 6.44. The van der Waals surface area contributed by atoms with E-state index in [0.717, 1.165) is 22.4 Å². The number of benzene rings is 1. The summed E-state index contributed by atoms with van der Waals surface area (Å²) in [5.74, 6) is 0. The van der Waals surface area contributed by atoms with Gasteiger partial charge in [-0.25, -0.2) is 4.68 Å². The molecule has 0 saturated heterocycles. The van der Waals surface area contributed by atoms with Crippen LogP contribution in [-0.2, 0) is 6.54 Å². The molecule has 2 rings (SSSR count). The number of nitrogens with zero attached hydrogens (tertiary/aromatic N) is 2. The molecule has 94 valence electrons. The van der Waals surface area contributed by atoms with Gasteiger partial charge in [0.1, 0.15) is 5.69 Å². The highest BCUT2D eigenvalue weighted by Gasteiger charge is 2.09. The highest BCUT2D eigenvalue weighted by molar-refractivity contribution is 5.66. The van der Waals surface area contributed by atoms with Crippen LogP contribution in [0.4, 0.5) is 5.69 Å². The fourth-order valence-electron chi connectivity index (χ4n) is 1.92. The number of aromatic nitrogens is 2. The van der Waals surface area contributed by atoms with Crippen LogP contribution in [0, 0.1) is 13.8 Å². The van der Waals surface area contributed by atoms with Crippen LogP contribution in [0.1, 0.15) is 18.1 Å². The van der Waals surface area contributed by atoms with Crippen LogP contribution in [0.3, 0.4) is 0 Å². The lowest BCUT2D eigenvalue weighted by Gasteiger charge is -2.10. The second-order valence-corrected chi connectivity index (χ2v) is 4.42. The Bertz CT molecular complexity index is 644. The zero-order chi connectivity index (χ0) is 13.3. The summed E-state index contributed by atoms with van der Waals surface area (Å²) in [4.78, 5) is 11.7. The number of anilines is 1. The van der Waals surface area contributed by atoms with E-state index in [-0.39, 0.29) is 11.2 Å². The van der Waals surface area contributed by atoms with E-state index in [9.17, 15) is 4.79 Å². The molecule has 2 N–H and O–H groups in total. The smallest absolute Gasteiger partial charge is 0.289 e. The molecule has 0 bridgehead atoms. The standard InChI is InChI=1S/C14H17N3O/c1-4-17-14(18)12(15)8-13(16-17)11-7-9(2)5-6-10(11)3/h5-8H,4,15H2,1-3H3. The maximum Gasteiger partial charge on any atom is 0.289 e. The molecule has 0 aliphatic heterocycles. The Kier molecular flexibility index (Phi) is 3.19. The Labute approximate surface area is 106 Å². The first kappa shape index (κ1) is 12.4. The van der Waals surface area contributed by atoms with Gasteiger partial charge in [-0.15, -0.1) is 0 Å². The van der Waals surface area contributed by atoms with E-state index >= 15 is 0 Å². The predicted octanol–water partition coefficient (Wildman–Crippen LogP) is 2.13. The van der Waals surface area contributed by atoms with Gasteiger partial charge < -0.3 is 5.73 Å².